The first-order valence-corrected chi connectivity index (χ1v) is 0.854. The van der Waals surface area contributed by atoms with Crippen molar-refractivity contribution in [3.05, 3.63) is 0 Å². The van der Waals surface area contributed by atoms with Gasteiger partial charge in [0.25, 0.3) is 0 Å². The summed E-state index contributed by atoms with van der Waals surface area (Å²) in [7, 11) is 0. The third kappa shape index (κ3) is 8.82. The minimum absolute atomic E-state index is 0. The molecule has 0 saturated heterocycles. The standard InChI is InChI=1S/Bi.Gd.O.Ru.3H. The normalized spacial score (nSPS) is 1.25. The predicted octanol–water partition coefficient (Wildman–Crippen LogP) is -1.31. The van der Waals surface area contributed by atoms with Crippen LogP contribution in [0.1, 0.15) is 0 Å². The van der Waals surface area contributed by atoms with E-state index in [0.717, 1.165) is 18.3 Å². The maximum absolute atomic E-state index is 8.18. The first-order chi connectivity index (χ1) is 1.00. The van der Waals surface area contributed by atoms with Crippen LogP contribution in [-0.2, 0) is 21.8 Å². The van der Waals surface area contributed by atoms with Crippen molar-refractivity contribution in [2.45, 2.75) is 0 Å². The van der Waals surface area contributed by atoms with Crippen LogP contribution in [0.25, 0.3) is 0 Å². The molecule has 0 heterocycles. The van der Waals surface area contributed by atoms with E-state index in [1.54, 1.807) is 0 Å². The molecule has 0 bridgehead atoms. The Labute approximate surface area is 86.0 Å². The predicted molar refractivity (Wildman–Crippen MR) is 10.6 cm³/mol. The Kier molecular flexibility index (Phi) is 69.6. The van der Waals surface area contributed by atoms with E-state index in [2.05, 4.69) is 0 Å². The molecular formula is H3BiGdORu. The molecule has 0 atom stereocenters. The van der Waals surface area contributed by atoms with E-state index in [1.807, 2.05) is 0 Å². The third-order valence-corrected chi connectivity index (χ3v) is 0. The SMILES string of the molecule is [BiH3].[Gd].[O]=[Ru]. The van der Waals surface area contributed by atoms with E-state index < -0.39 is 0 Å². The van der Waals surface area contributed by atoms with E-state index >= 15 is 0 Å². The first kappa shape index (κ1) is 15.9. The zero-order chi connectivity index (χ0) is 2.00. The average molecular weight is 486 g/mol. The Morgan fingerprint density at radius 3 is 1.25 bits per heavy atom. The molecule has 0 N–H and O–H groups in total. The third-order valence-electron chi connectivity index (χ3n) is 0. The molecule has 0 amide bonds. The summed E-state index contributed by atoms with van der Waals surface area (Å²) in [6.45, 7) is 0. The van der Waals surface area contributed by atoms with Crippen molar-refractivity contribution in [1.82, 2.24) is 0 Å². The van der Waals surface area contributed by atoms with Gasteiger partial charge in [-0.25, -0.2) is 0 Å². The molecule has 0 aromatic carbocycles. The molecule has 0 aliphatic rings. The van der Waals surface area contributed by atoms with Gasteiger partial charge in [0.2, 0.25) is 0 Å². The quantitative estimate of drug-likeness (QED) is 0.389. The van der Waals surface area contributed by atoms with Gasteiger partial charge in [-0.05, 0) is 0 Å². The molecule has 0 aromatic heterocycles. The summed E-state index contributed by atoms with van der Waals surface area (Å²) in [6.07, 6.45) is 0. The van der Waals surface area contributed by atoms with Gasteiger partial charge in [0.15, 0.2) is 0 Å². The molecule has 1 nitrogen and oxygen atoms in total. The van der Waals surface area contributed by atoms with Crippen LogP contribution in [0, 0.1) is 39.9 Å². The summed E-state index contributed by atoms with van der Waals surface area (Å²) in [5, 5.41) is 0. The van der Waals surface area contributed by atoms with Gasteiger partial charge in [0.05, 0.1) is 0 Å². The van der Waals surface area contributed by atoms with Crippen LogP contribution in [-0.4, -0.2) is 26.2 Å². The first-order valence-electron chi connectivity index (χ1n) is 0.144. The zero-order valence-corrected chi connectivity index (χ0v) is 11.3. The molecule has 0 rings (SSSR count). The van der Waals surface area contributed by atoms with Crippen molar-refractivity contribution < 1.29 is 61.8 Å². The van der Waals surface area contributed by atoms with Crippen molar-refractivity contribution in [2.24, 2.45) is 0 Å². The molecule has 0 fully saturated rings. The van der Waals surface area contributed by atoms with E-state index in [9.17, 15) is 0 Å². The second-order valence-electron chi connectivity index (χ2n) is 0. The van der Waals surface area contributed by atoms with Crippen LogP contribution in [0.2, 0.25) is 0 Å². The van der Waals surface area contributed by atoms with Crippen LogP contribution in [0.3, 0.4) is 0 Å². The second kappa shape index (κ2) is 17.4. The summed E-state index contributed by atoms with van der Waals surface area (Å²) in [5.41, 5.74) is 0. The molecule has 4 heavy (non-hydrogen) atoms. The Morgan fingerprint density at radius 1 is 1.25 bits per heavy atom. The van der Waals surface area contributed by atoms with Crippen molar-refractivity contribution >= 4 is 26.2 Å². The maximum atomic E-state index is 8.18. The molecular weight excluding hydrogens is 483 g/mol. The fraction of sp³-hybridized carbons (Fsp3) is 0. The molecule has 4 heteroatoms. The van der Waals surface area contributed by atoms with Gasteiger partial charge in [-0.1, -0.05) is 0 Å². The van der Waals surface area contributed by atoms with Crippen molar-refractivity contribution in [1.29, 1.82) is 0 Å². The van der Waals surface area contributed by atoms with Crippen molar-refractivity contribution in [2.75, 3.05) is 0 Å². The fourth-order valence-corrected chi connectivity index (χ4v) is 0. The van der Waals surface area contributed by atoms with Crippen LogP contribution >= 0.6 is 0 Å². The monoisotopic (exact) mass is 488 g/mol. The molecule has 0 spiro atoms. The summed E-state index contributed by atoms with van der Waals surface area (Å²) in [4.78, 5) is 0. The van der Waals surface area contributed by atoms with Gasteiger partial charge in [-0.15, -0.1) is 0 Å². The Balaban J connectivity index is -0.00000000500. The Morgan fingerprint density at radius 2 is 1.25 bits per heavy atom. The van der Waals surface area contributed by atoms with Crippen LogP contribution in [0.15, 0.2) is 0 Å². The Hall–Kier alpha value is 2.63. The summed E-state index contributed by atoms with van der Waals surface area (Å²) < 4.78 is 8.18. The van der Waals surface area contributed by atoms with Gasteiger partial charge >= 0.3 is 48.0 Å². The van der Waals surface area contributed by atoms with Crippen molar-refractivity contribution in [3.8, 4) is 0 Å². The van der Waals surface area contributed by atoms with Gasteiger partial charge in [0.1, 0.15) is 0 Å². The van der Waals surface area contributed by atoms with Gasteiger partial charge in [-0.2, -0.15) is 0 Å². The summed E-state index contributed by atoms with van der Waals surface area (Å²) in [5.74, 6) is 0. The van der Waals surface area contributed by atoms with Crippen LogP contribution in [0.4, 0.5) is 0 Å². The van der Waals surface area contributed by atoms with Gasteiger partial charge in [0, 0.05) is 39.9 Å². The van der Waals surface area contributed by atoms with Gasteiger partial charge < -0.3 is 0 Å². The molecule has 0 aliphatic carbocycles. The molecule has 0 saturated carbocycles. The minimum atomic E-state index is 0. The van der Waals surface area contributed by atoms with E-state index in [4.69, 9.17) is 3.57 Å². The molecule has 0 aromatic rings. The second-order valence-corrected chi connectivity index (χ2v) is 0. The van der Waals surface area contributed by atoms with E-state index in [1.165, 1.54) is 0 Å². The number of hydrogen-bond acceptors (Lipinski definition) is 1. The van der Waals surface area contributed by atoms with Gasteiger partial charge in [-0.3, -0.25) is 0 Å². The molecule has 0 unspecified atom stereocenters. The summed E-state index contributed by atoms with van der Waals surface area (Å²) in [6, 6.07) is 0. The van der Waals surface area contributed by atoms with Crippen LogP contribution in [0.5, 0.6) is 0 Å². The molecule has 0 radical (unpaired) electrons. The zero-order valence-electron chi connectivity index (χ0n) is 1.82. The number of hydrogen-bond donors (Lipinski definition) is 0. The molecule has 0 aliphatic heterocycles. The average Bonchev–Trinajstić information content (AvgIpc) is 1.00. The van der Waals surface area contributed by atoms with E-state index in [0.29, 0.717) is 0 Å². The van der Waals surface area contributed by atoms with E-state index in [-0.39, 0.29) is 66.1 Å². The topological polar surface area (TPSA) is 17.1 Å². The van der Waals surface area contributed by atoms with Crippen LogP contribution < -0.4 is 0 Å². The molecule has 30 valence electrons. The fourth-order valence-electron chi connectivity index (χ4n) is 0. The Bertz CT molecular complexity index is 8.00. The van der Waals surface area contributed by atoms with Crippen molar-refractivity contribution in [3.63, 3.8) is 0 Å². The number of rotatable bonds is 0. The summed E-state index contributed by atoms with van der Waals surface area (Å²) >= 11 is 1.10.